The zero-order chi connectivity index (χ0) is 18.6. The van der Waals surface area contributed by atoms with Gasteiger partial charge < -0.3 is 10.2 Å². The van der Waals surface area contributed by atoms with Crippen molar-refractivity contribution in [2.24, 2.45) is 5.92 Å². The lowest BCUT2D eigenvalue weighted by Crippen LogP contribution is -2.43. The Balaban J connectivity index is 2.10. The van der Waals surface area contributed by atoms with Crippen molar-refractivity contribution in [3.05, 3.63) is 35.4 Å². The fourth-order valence-electron chi connectivity index (χ4n) is 2.87. The standard InChI is InChI=1S/C20H27N3O2/c1-5-6-11-23(17-12-16(17)18(24)22-20(2,3)4)19(25)15-9-7-14(13-21)8-10-15/h7-10,16-17H,5-6,11-12H2,1-4H3,(H,22,24)/t16-,17-/m1/s1. The molecule has 5 nitrogen and oxygen atoms in total. The van der Waals surface area contributed by atoms with Crippen LogP contribution in [0.3, 0.4) is 0 Å². The molecule has 1 saturated carbocycles. The van der Waals surface area contributed by atoms with Crippen molar-refractivity contribution in [1.29, 1.82) is 5.26 Å². The van der Waals surface area contributed by atoms with Gasteiger partial charge in [0.15, 0.2) is 0 Å². The van der Waals surface area contributed by atoms with Crippen LogP contribution in [0.15, 0.2) is 24.3 Å². The SMILES string of the molecule is CCCCN(C(=O)c1ccc(C#N)cc1)[C@@H]1C[C@H]1C(=O)NC(C)(C)C. The summed E-state index contributed by atoms with van der Waals surface area (Å²) in [7, 11) is 0. The van der Waals surface area contributed by atoms with E-state index in [9.17, 15) is 9.59 Å². The third-order valence-corrected chi connectivity index (χ3v) is 4.27. The monoisotopic (exact) mass is 341 g/mol. The number of amides is 2. The molecular weight excluding hydrogens is 314 g/mol. The quantitative estimate of drug-likeness (QED) is 0.864. The summed E-state index contributed by atoms with van der Waals surface area (Å²) in [6.45, 7) is 8.61. The Bertz CT molecular complexity index is 668. The largest absolute Gasteiger partial charge is 0.351 e. The average Bonchev–Trinajstić information content (AvgIpc) is 3.34. The van der Waals surface area contributed by atoms with Crippen LogP contribution in [-0.2, 0) is 4.79 Å². The van der Waals surface area contributed by atoms with Gasteiger partial charge in [-0.2, -0.15) is 5.26 Å². The maximum Gasteiger partial charge on any atom is 0.254 e. The molecule has 0 saturated heterocycles. The second kappa shape index (κ2) is 7.69. The number of hydrogen-bond acceptors (Lipinski definition) is 3. The average molecular weight is 341 g/mol. The van der Waals surface area contributed by atoms with Crippen molar-refractivity contribution in [2.45, 2.75) is 58.5 Å². The summed E-state index contributed by atoms with van der Waals surface area (Å²) in [5.41, 5.74) is 0.831. The first-order chi connectivity index (χ1) is 11.8. The Morgan fingerprint density at radius 1 is 1.28 bits per heavy atom. The van der Waals surface area contributed by atoms with E-state index in [1.807, 2.05) is 25.7 Å². The minimum atomic E-state index is -0.268. The highest BCUT2D eigenvalue weighted by Crippen LogP contribution is 2.37. The van der Waals surface area contributed by atoms with Crippen molar-refractivity contribution < 1.29 is 9.59 Å². The van der Waals surface area contributed by atoms with E-state index in [1.165, 1.54) is 0 Å². The zero-order valence-electron chi connectivity index (χ0n) is 15.5. The van der Waals surface area contributed by atoms with Gasteiger partial charge in [0, 0.05) is 23.7 Å². The molecule has 134 valence electrons. The summed E-state index contributed by atoms with van der Waals surface area (Å²) in [4.78, 5) is 27.1. The normalized spacial score (nSPS) is 19.0. The van der Waals surface area contributed by atoms with Crippen LogP contribution in [0, 0.1) is 17.2 Å². The molecule has 0 aliphatic heterocycles. The number of hydrogen-bond donors (Lipinski definition) is 1. The van der Waals surface area contributed by atoms with E-state index in [4.69, 9.17) is 5.26 Å². The Kier molecular flexibility index (Phi) is 5.84. The molecule has 1 N–H and O–H groups in total. The first-order valence-corrected chi connectivity index (χ1v) is 8.90. The lowest BCUT2D eigenvalue weighted by Gasteiger charge is -2.24. The third kappa shape index (κ3) is 5.06. The topological polar surface area (TPSA) is 73.2 Å². The van der Waals surface area contributed by atoms with Gasteiger partial charge in [-0.25, -0.2) is 0 Å². The van der Waals surface area contributed by atoms with E-state index in [0.717, 1.165) is 12.8 Å². The van der Waals surface area contributed by atoms with Crippen molar-refractivity contribution in [3.63, 3.8) is 0 Å². The molecule has 2 rings (SSSR count). The van der Waals surface area contributed by atoms with Gasteiger partial charge in [-0.15, -0.1) is 0 Å². The molecule has 1 aliphatic carbocycles. The predicted octanol–water partition coefficient (Wildman–Crippen LogP) is 3.10. The van der Waals surface area contributed by atoms with Crippen LogP contribution in [0.5, 0.6) is 0 Å². The van der Waals surface area contributed by atoms with Gasteiger partial charge in [-0.1, -0.05) is 13.3 Å². The highest BCUT2D eigenvalue weighted by Gasteiger charge is 2.48. The number of rotatable bonds is 6. The summed E-state index contributed by atoms with van der Waals surface area (Å²) < 4.78 is 0. The van der Waals surface area contributed by atoms with Crippen molar-refractivity contribution >= 4 is 11.8 Å². The Morgan fingerprint density at radius 3 is 2.44 bits per heavy atom. The molecule has 1 aliphatic rings. The molecule has 2 atom stereocenters. The van der Waals surface area contributed by atoms with Crippen LogP contribution >= 0.6 is 0 Å². The molecule has 0 bridgehead atoms. The first-order valence-electron chi connectivity index (χ1n) is 8.90. The molecule has 1 aromatic rings. The summed E-state index contributed by atoms with van der Waals surface area (Å²) in [6, 6.07) is 8.71. The molecule has 1 aromatic carbocycles. The van der Waals surface area contributed by atoms with Crippen LogP contribution < -0.4 is 5.32 Å². The zero-order valence-corrected chi connectivity index (χ0v) is 15.5. The van der Waals surface area contributed by atoms with Crippen LogP contribution in [0.1, 0.15) is 62.9 Å². The van der Waals surface area contributed by atoms with Crippen molar-refractivity contribution in [2.75, 3.05) is 6.54 Å². The van der Waals surface area contributed by atoms with Crippen LogP contribution in [-0.4, -0.2) is 34.8 Å². The van der Waals surface area contributed by atoms with E-state index in [1.54, 1.807) is 24.3 Å². The molecule has 0 aromatic heterocycles. The van der Waals surface area contributed by atoms with Gasteiger partial charge in [-0.3, -0.25) is 9.59 Å². The van der Waals surface area contributed by atoms with E-state index >= 15 is 0 Å². The van der Waals surface area contributed by atoms with Gasteiger partial charge >= 0.3 is 0 Å². The molecular formula is C20H27N3O2. The molecule has 0 heterocycles. The molecule has 0 unspecified atom stereocenters. The minimum absolute atomic E-state index is 0.0200. The van der Waals surface area contributed by atoms with Crippen molar-refractivity contribution in [3.8, 4) is 6.07 Å². The molecule has 2 amide bonds. The third-order valence-electron chi connectivity index (χ3n) is 4.27. The van der Waals surface area contributed by atoms with Gasteiger partial charge in [0.1, 0.15) is 0 Å². The van der Waals surface area contributed by atoms with Crippen LogP contribution in [0.2, 0.25) is 0 Å². The smallest absolute Gasteiger partial charge is 0.254 e. The minimum Gasteiger partial charge on any atom is -0.351 e. The number of nitrogens with one attached hydrogen (secondary N) is 1. The second-order valence-corrected chi connectivity index (χ2v) is 7.69. The number of unbranched alkanes of at least 4 members (excludes halogenated alkanes) is 1. The Hall–Kier alpha value is -2.35. The predicted molar refractivity (Wildman–Crippen MR) is 96.9 cm³/mol. The van der Waals surface area contributed by atoms with Gasteiger partial charge in [0.25, 0.3) is 5.91 Å². The molecule has 0 radical (unpaired) electrons. The number of nitriles is 1. The van der Waals surface area contributed by atoms with E-state index in [-0.39, 0.29) is 29.3 Å². The molecule has 25 heavy (non-hydrogen) atoms. The summed E-state index contributed by atoms with van der Waals surface area (Å²) in [6.07, 6.45) is 2.61. The number of carbonyl (C=O) groups excluding carboxylic acids is 2. The van der Waals surface area contributed by atoms with E-state index in [0.29, 0.717) is 24.1 Å². The highest BCUT2D eigenvalue weighted by atomic mass is 16.2. The maximum absolute atomic E-state index is 12.9. The van der Waals surface area contributed by atoms with Crippen molar-refractivity contribution in [1.82, 2.24) is 10.2 Å². The summed E-state index contributed by atoms with van der Waals surface area (Å²) in [5.74, 6) is -0.168. The number of carbonyl (C=O) groups is 2. The van der Waals surface area contributed by atoms with E-state index in [2.05, 4.69) is 18.3 Å². The molecule has 0 spiro atoms. The highest BCUT2D eigenvalue weighted by molar-refractivity contribution is 5.95. The summed E-state index contributed by atoms with van der Waals surface area (Å²) in [5, 5.41) is 11.9. The first kappa shape index (κ1) is 19.0. The Labute approximate surface area is 150 Å². The Morgan fingerprint density at radius 2 is 1.92 bits per heavy atom. The maximum atomic E-state index is 12.9. The van der Waals surface area contributed by atoms with Gasteiger partial charge in [-0.05, 0) is 57.9 Å². The van der Waals surface area contributed by atoms with Crippen LogP contribution in [0.4, 0.5) is 0 Å². The lowest BCUT2D eigenvalue weighted by atomic mass is 10.1. The lowest BCUT2D eigenvalue weighted by molar-refractivity contribution is -0.124. The summed E-state index contributed by atoms with van der Waals surface area (Å²) >= 11 is 0. The van der Waals surface area contributed by atoms with E-state index < -0.39 is 0 Å². The van der Waals surface area contributed by atoms with Crippen LogP contribution in [0.25, 0.3) is 0 Å². The fraction of sp³-hybridized carbons (Fsp3) is 0.550. The number of nitrogens with zero attached hydrogens (tertiary/aromatic N) is 2. The molecule has 5 heteroatoms. The molecule has 1 fully saturated rings. The van der Waals surface area contributed by atoms with Gasteiger partial charge in [0.2, 0.25) is 5.91 Å². The fourth-order valence-corrected chi connectivity index (χ4v) is 2.87. The second-order valence-electron chi connectivity index (χ2n) is 7.69. The number of benzene rings is 1. The van der Waals surface area contributed by atoms with Gasteiger partial charge in [0.05, 0.1) is 17.6 Å².